The summed E-state index contributed by atoms with van der Waals surface area (Å²) in [6.07, 6.45) is 3.91. The van der Waals surface area contributed by atoms with E-state index in [-0.39, 0.29) is 6.29 Å². The first-order valence-electron chi connectivity index (χ1n) is 10.3. The van der Waals surface area contributed by atoms with Crippen molar-refractivity contribution < 1.29 is 4.57 Å². The molecule has 0 saturated carbocycles. The minimum atomic E-state index is -2.86. The van der Waals surface area contributed by atoms with Crippen molar-refractivity contribution in [2.24, 2.45) is 4.99 Å². The van der Waals surface area contributed by atoms with Crippen LogP contribution in [0.4, 0.5) is 0 Å². The fourth-order valence-electron chi connectivity index (χ4n) is 3.88. The summed E-state index contributed by atoms with van der Waals surface area (Å²) < 4.78 is 14.3. The predicted molar refractivity (Wildman–Crippen MR) is 123 cm³/mol. The van der Waals surface area contributed by atoms with Gasteiger partial charge in [0.15, 0.2) is 7.14 Å². The first kappa shape index (κ1) is 19.7. The fourth-order valence-corrected chi connectivity index (χ4v) is 6.15. The molecule has 3 nitrogen and oxygen atoms in total. The number of hydrogen-bond acceptors (Lipinski definition) is 2. The Bertz CT molecular complexity index is 938. The van der Waals surface area contributed by atoms with E-state index in [2.05, 4.69) is 17.0 Å². The third kappa shape index (κ3) is 4.52. The topological polar surface area (TPSA) is 32.7 Å². The highest BCUT2D eigenvalue weighted by Crippen LogP contribution is 2.43. The molecule has 148 valence electrons. The minimum absolute atomic E-state index is 0.280. The molecule has 0 aliphatic carbocycles. The summed E-state index contributed by atoms with van der Waals surface area (Å²) in [6.45, 7) is 2.02. The average molecular weight is 402 g/mol. The molecule has 1 aliphatic rings. The van der Waals surface area contributed by atoms with E-state index < -0.39 is 7.14 Å². The molecule has 1 fully saturated rings. The molecule has 0 bridgehead atoms. The lowest BCUT2D eigenvalue weighted by molar-refractivity contribution is 0.342. The van der Waals surface area contributed by atoms with Crippen LogP contribution in [0.15, 0.2) is 96.0 Å². The Balaban J connectivity index is 1.75. The molecule has 0 N–H and O–H groups in total. The van der Waals surface area contributed by atoms with Crippen LogP contribution in [0.2, 0.25) is 0 Å². The molecule has 0 radical (unpaired) electrons. The van der Waals surface area contributed by atoms with Crippen molar-refractivity contribution in [2.45, 2.75) is 19.3 Å². The van der Waals surface area contributed by atoms with Crippen LogP contribution < -0.4 is 10.6 Å². The standard InChI is InChI=1S/C25H27N2OP/c28-29(23-15-7-2-8-16-23,24-17-9-3-10-18-24)21-26-25(22-13-5-1-6-14-22)27-19-11-4-12-20-27/h1-3,5-10,13-18H,4,11-12,19-21H2/b26-25-. The summed E-state index contributed by atoms with van der Waals surface area (Å²) in [5.41, 5.74) is 1.10. The van der Waals surface area contributed by atoms with E-state index in [1.165, 1.54) is 19.3 Å². The van der Waals surface area contributed by atoms with Crippen LogP contribution in [0, 0.1) is 0 Å². The molecule has 0 aromatic heterocycles. The van der Waals surface area contributed by atoms with Gasteiger partial charge >= 0.3 is 0 Å². The van der Waals surface area contributed by atoms with E-state index in [0.29, 0.717) is 0 Å². The van der Waals surface area contributed by atoms with Crippen molar-refractivity contribution >= 4 is 23.6 Å². The van der Waals surface area contributed by atoms with Crippen molar-refractivity contribution in [3.8, 4) is 0 Å². The summed E-state index contributed by atoms with van der Waals surface area (Å²) in [5.74, 6) is 0.970. The van der Waals surface area contributed by atoms with Crippen LogP contribution >= 0.6 is 7.14 Å². The van der Waals surface area contributed by atoms with Gasteiger partial charge in [0.25, 0.3) is 0 Å². The largest absolute Gasteiger partial charge is 0.356 e. The molecule has 1 aliphatic heterocycles. The molecule has 1 saturated heterocycles. The zero-order valence-electron chi connectivity index (χ0n) is 16.7. The van der Waals surface area contributed by atoms with Crippen molar-refractivity contribution in [3.63, 3.8) is 0 Å². The number of hydrogen-bond donors (Lipinski definition) is 0. The number of aliphatic imine (C=N–C) groups is 1. The number of piperidine rings is 1. The van der Waals surface area contributed by atoms with Gasteiger partial charge in [-0.25, -0.2) is 0 Å². The van der Waals surface area contributed by atoms with Crippen molar-refractivity contribution in [2.75, 3.05) is 19.4 Å². The quantitative estimate of drug-likeness (QED) is 0.346. The average Bonchev–Trinajstić information content (AvgIpc) is 2.81. The van der Waals surface area contributed by atoms with Crippen LogP contribution in [-0.2, 0) is 4.57 Å². The predicted octanol–water partition coefficient (Wildman–Crippen LogP) is 4.89. The summed E-state index contributed by atoms with van der Waals surface area (Å²) in [7, 11) is -2.86. The molecule has 3 aromatic rings. The number of amidine groups is 1. The second-order valence-electron chi connectivity index (χ2n) is 7.45. The van der Waals surface area contributed by atoms with Gasteiger partial charge in [-0.3, -0.25) is 4.99 Å². The first-order chi connectivity index (χ1) is 14.3. The second kappa shape index (κ2) is 9.24. The van der Waals surface area contributed by atoms with Crippen LogP contribution in [0.5, 0.6) is 0 Å². The van der Waals surface area contributed by atoms with Crippen LogP contribution in [0.1, 0.15) is 24.8 Å². The molecule has 4 heteroatoms. The lowest BCUT2D eigenvalue weighted by atomic mass is 10.1. The summed E-state index contributed by atoms with van der Waals surface area (Å²) >= 11 is 0. The fraction of sp³-hybridized carbons (Fsp3) is 0.240. The number of benzene rings is 3. The van der Waals surface area contributed by atoms with E-state index in [4.69, 9.17) is 4.99 Å². The zero-order valence-corrected chi connectivity index (χ0v) is 17.5. The van der Waals surface area contributed by atoms with E-state index >= 15 is 0 Å². The van der Waals surface area contributed by atoms with Crippen molar-refractivity contribution in [3.05, 3.63) is 96.6 Å². The van der Waals surface area contributed by atoms with Crippen LogP contribution in [0.25, 0.3) is 0 Å². The molecule has 3 aromatic carbocycles. The second-order valence-corrected chi connectivity index (χ2v) is 10.2. The highest BCUT2D eigenvalue weighted by molar-refractivity contribution is 7.78. The smallest absolute Gasteiger partial charge is 0.163 e. The number of rotatable bonds is 5. The molecular weight excluding hydrogens is 375 g/mol. The van der Waals surface area contributed by atoms with Crippen LogP contribution in [0.3, 0.4) is 0 Å². The van der Waals surface area contributed by atoms with E-state index in [1.54, 1.807) is 0 Å². The molecule has 1 heterocycles. The maximum atomic E-state index is 14.3. The Morgan fingerprint density at radius 1 is 0.724 bits per heavy atom. The van der Waals surface area contributed by atoms with E-state index in [0.717, 1.165) is 35.1 Å². The lowest BCUT2D eigenvalue weighted by Gasteiger charge is -2.30. The SMILES string of the molecule is O=P(C/N=C(/c1ccccc1)N1CCCCC1)(c1ccccc1)c1ccccc1. The molecule has 0 unspecified atom stereocenters. The van der Waals surface area contributed by atoms with Gasteiger partial charge in [0.1, 0.15) is 12.1 Å². The van der Waals surface area contributed by atoms with Gasteiger partial charge in [0.2, 0.25) is 0 Å². The van der Waals surface area contributed by atoms with Crippen LogP contribution in [-0.4, -0.2) is 30.1 Å². The Hall–Kier alpha value is -2.64. The van der Waals surface area contributed by atoms with Gasteiger partial charge in [-0.2, -0.15) is 0 Å². The maximum Gasteiger partial charge on any atom is 0.163 e. The minimum Gasteiger partial charge on any atom is -0.356 e. The maximum absolute atomic E-state index is 14.3. The summed E-state index contributed by atoms with van der Waals surface area (Å²) in [5, 5.41) is 1.72. The first-order valence-corrected chi connectivity index (χ1v) is 12.2. The normalized spacial score (nSPS) is 15.3. The van der Waals surface area contributed by atoms with Gasteiger partial charge in [-0.1, -0.05) is 91.0 Å². The van der Waals surface area contributed by atoms with Gasteiger partial charge in [0.05, 0.1) is 0 Å². The third-order valence-electron chi connectivity index (χ3n) is 5.45. The summed E-state index contributed by atoms with van der Waals surface area (Å²) in [4.78, 5) is 7.38. The monoisotopic (exact) mass is 402 g/mol. The lowest BCUT2D eigenvalue weighted by Crippen LogP contribution is -2.36. The Labute approximate surface area is 173 Å². The molecule has 29 heavy (non-hydrogen) atoms. The number of likely N-dealkylation sites (tertiary alicyclic amines) is 1. The van der Waals surface area contributed by atoms with E-state index in [1.807, 2.05) is 78.9 Å². The Kier molecular flexibility index (Phi) is 6.27. The Morgan fingerprint density at radius 3 is 1.72 bits per heavy atom. The molecule has 4 rings (SSSR count). The van der Waals surface area contributed by atoms with Gasteiger partial charge in [0, 0.05) is 29.3 Å². The molecule has 0 spiro atoms. The number of nitrogens with zero attached hydrogens (tertiary/aromatic N) is 2. The van der Waals surface area contributed by atoms with Crippen molar-refractivity contribution in [1.82, 2.24) is 4.90 Å². The van der Waals surface area contributed by atoms with E-state index in [9.17, 15) is 4.57 Å². The third-order valence-corrected chi connectivity index (χ3v) is 8.26. The molecule has 0 atom stereocenters. The van der Waals surface area contributed by atoms with Crippen molar-refractivity contribution in [1.29, 1.82) is 0 Å². The summed E-state index contributed by atoms with van der Waals surface area (Å²) in [6, 6.07) is 29.9. The molecular formula is C25H27N2OP. The zero-order chi connectivity index (χ0) is 19.9. The Morgan fingerprint density at radius 2 is 1.21 bits per heavy atom. The van der Waals surface area contributed by atoms with Gasteiger partial charge < -0.3 is 9.46 Å². The van der Waals surface area contributed by atoms with Gasteiger partial charge in [-0.05, 0) is 19.3 Å². The highest BCUT2D eigenvalue weighted by Gasteiger charge is 2.28. The molecule has 0 amide bonds. The highest BCUT2D eigenvalue weighted by atomic mass is 31.2. The van der Waals surface area contributed by atoms with Gasteiger partial charge in [-0.15, -0.1) is 0 Å².